The number of hydrogen-bond donors (Lipinski definition) is 1. The van der Waals surface area contributed by atoms with Crippen LogP contribution in [0.15, 0.2) is 55.1 Å². The number of benzene rings is 2. The maximum atomic E-state index is 13.4. The number of carbonyl (C=O) groups is 2. The SMILES string of the molecule is C=Cc1cccc(C#N)c1CC1C(=O)NC(CC)(Cc2ccccc2)C(=O)N1C. The van der Waals surface area contributed by atoms with Crippen molar-refractivity contribution in [1.29, 1.82) is 5.26 Å². The van der Waals surface area contributed by atoms with E-state index in [2.05, 4.69) is 18.0 Å². The highest BCUT2D eigenvalue weighted by Crippen LogP contribution is 2.28. The van der Waals surface area contributed by atoms with Crippen molar-refractivity contribution in [3.63, 3.8) is 0 Å². The van der Waals surface area contributed by atoms with E-state index in [0.29, 0.717) is 18.4 Å². The van der Waals surface area contributed by atoms with Crippen LogP contribution in [0.2, 0.25) is 0 Å². The van der Waals surface area contributed by atoms with Gasteiger partial charge in [-0.1, -0.05) is 62.0 Å². The van der Waals surface area contributed by atoms with Crippen molar-refractivity contribution in [2.24, 2.45) is 0 Å². The zero-order valence-electron chi connectivity index (χ0n) is 16.8. The van der Waals surface area contributed by atoms with Gasteiger partial charge in [0, 0.05) is 19.9 Å². The van der Waals surface area contributed by atoms with Gasteiger partial charge in [0.25, 0.3) is 0 Å². The lowest BCUT2D eigenvalue weighted by atomic mass is 9.82. The van der Waals surface area contributed by atoms with Gasteiger partial charge in [-0.05, 0) is 29.2 Å². The molecule has 0 aromatic heterocycles. The van der Waals surface area contributed by atoms with Crippen molar-refractivity contribution in [2.45, 2.75) is 37.8 Å². The molecule has 29 heavy (non-hydrogen) atoms. The number of amides is 2. The zero-order valence-corrected chi connectivity index (χ0v) is 16.8. The summed E-state index contributed by atoms with van der Waals surface area (Å²) in [6, 6.07) is 16.6. The fourth-order valence-corrected chi connectivity index (χ4v) is 4.01. The first-order valence-electron chi connectivity index (χ1n) is 9.73. The number of likely N-dealkylation sites (N-methyl/N-ethyl adjacent to an activating group) is 1. The summed E-state index contributed by atoms with van der Waals surface area (Å²) in [5, 5.41) is 12.5. The molecule has 1 heterocycles. The normalized spacial score (nSPS) is 21.4. The van der Waals surface area contributed by atoms with Crippen molar-refractivity contribution in [2.75, 3.05) is 7.05 Å². The van der Waals surface area contributed by atoms with Gasteiger partial charge in [-0.25, -0.2) is 0 Å². The van der Waals surface area contributed by atoms with Gasteiger partial charge in [-0.15, -0.1) is 0 Å². The Morgan fingerprint density at radius 3 is 2.55 bits per heavy atom. The molecule has 0 bridgehead atoms. The van der Waals surface area contributed by atoms with Crippen LogP contribution in [0.5, 0.6) is 0 Å². The summed E-state index contributed by atoms with van der Waals surface area (Å²) < 4.78 is 0. The minimum absolute atomic E-state index is 0.108. The van der Waals surface area contributed by atoms with E-state index >= 15 is 0 Å². The van der Waals surface area contributed by atoms with Gasteiger partial charge < -0.3 is 10.2 Å². The monoisotopic (exact) mass is 387 g/mol. The van der Waals surface area contributed by atoms with E-state index in [-0.39, 0.29) is 18.2 Å². The number of carbonyl (C=O) groups excluding carboxylic acids is 2. The van der Waals surface area contributed by atoms with Gasteiger partial charge >= 0.3 is 0 Å². The average Bonchev–Trinajstić information content (AvgIpc) is 2.75. The summed E-state index contributed by atoms with van der Waals surface area (Å²) >= 11 is 0. The number of nitrogens with one attached hydrogen (secondary N) is 1. The van der Waals surface area contributed by atoms with Crippen molar-refractivity contribution >= 4 is 17.9 Å². The summed E-state index contributed by atoms with van der Waals surface area (Å²) in [6.45, 7) is 5.72. The van der Waals surface area contributed by atoms with Crippen LogP contribution in [0, 0.1) is 11.3 Å². The van der Waals surface area contributed by atoms with E-state index in [9.17, 15) is 14.9 Å². The van der Waals surface area contributed by atoms with E-state index < -0.39 is 11.6 Å². The Morgan fingerprint density at radius 2 is 1.93 bits per heavy atom. The Hall–Kier alpha value is -3.39. The Kier molecular flexibility index (Phi) is 5.84. The fraction of sp³-hybridized carbons (Fsp3) is 0.292. The molecule has 0 aliphatic carbocycles. The highest BCUT2D eigenvalue weighted by Gasteiger charge is 2.48. The molecule has 0 saturated carbocycles. The lowest BCUT2D eigenvalue weighted by Crippen LogP contribution is -2.70. The molecule has 148 valence electrons. The second-order valence-corrected chi connectivity index (χ2v) is 7.41. The smallest absolute Gasteiger partial charge is 0.249 e. The van der Waals surface area contributed by atoms with Gasteiger partial charge in [0.05, 0.1) is 11.6 Å². The number of nitriles is 1. The Bertz CT molecular complexity index is 977. The van der Waals surface area contributed by atoms with E-state index in [1.54, 1.807) is 25.3 Å². The quantitative estimate of drug-likeness (QED) is 0.828. The van der Waals surface area contributed by atoms with Gasteiger partial charge in [0.2, 0.25) is 11.8 Å². The predicted molar refractivity (Wildman–Crippen MR) is 113 cm³/mol. The summed E-state index contributed by atoms with van der Waals surface area (Å²) in [5.74, 6) is -0.310. The Labute approximate surface area is 171 Å². The van der Waals surface area contributed by atoms with Crippen LogP contribution >= 0.6 is 0 Å². The Balaban J connectivity index is 1.91. The largest absolute Gasteiger partial charge is 0.340 e. The molecular formula is C24H25N3O2. The van der Waals surface area contributed by atoms with Crippen LogP contribution in [-0.4, -0.2) is 35.3 Å². The van der Waals surface area contributed by atoms with Gasteiger partial charge in [0.1, 0.15) is 11.6 Å². The van der Waals surface area contributed by atoms with E-state index in [1.807, 2.05) is 43.3 Å². The van der Waals surface area contributed by atoms with Crippen molar-refractivity contribution < 1.29 is 9.59 Å². The lowest BCUT2D eigenvalue weighted by Gasteiger charge is -2.44. The fourth-order valence-electron chi connectivity index (χ4n) is 4.01. The molecule has 2 unspecified atom stereocenters. The highest BCUT2D eigenvalue weighted by atomic mass is 16.2. The zero-order chi connectivity index (χ0) is 21.0. The summed E-state index contributed by atoms with van der Waals surface area (Å²) in [6.07, 6.45) is 2.88. The molecule has 1 aliphatic rings. The maximum absolute atomic E-state index is 13.4. The molecule has 2 aromatic carbocycles. The minimum atomic E-state index is -0.959. The first-order chi connectivity index (χ1) is 14.0. The minimum Gasteiger partial charge on any atom is -0.340 e. The van der Waals surface area contributed by atoms with Crippen LogP contribution < -0.4 is 5.32 Å². The maximum Gasteiger partial charge on any atom is 0.249 e. The number of nitrogens with zero attached hydrogens (tertiary/aromatic N) is 2. The third-order valence-electron chi connectivity index (χ3n) is 5.76. The predicted octanol–water partition coefficient (Wildman–Crippen LogP) is 3.09. The second-order valence-electron chi connectivity index (χ2n) is 7.41. The molecule has 3 rings (SSSR count). The molecule has 0 radical (unpaired) electrons. The van der Waals surface area contributed by atoms with Crippen molar-refractivity contribution in [3.05, 3.63) is 77.4 Å². The lowest BCUT2D eigenvalue weighted by molar-refractivity contribution is -0.153. The Morgan fingerprint density at radius 1 is 1.21 bits per heavy atom. The molecule has 5 heteroatoms. The number of hydrogen-bond acceptors (Lipinski definition) is 3. The molecule has 5 nitrogen and oxygen atoms in total. The summed E-state index contributed by atoms with van der Waals surface area (Å²) in [5.41, 5.74) is 2.07. The number of rotatable bonds is 6. The average molecular weight is 387 g/mol. The van der Waals surface area contributed by atoms with Crippen LogP contribution in [0.4, 0.5) is 0 Å². The molecule has 1 aliphatic heterocycles. The van der Waals surface area contributed by atoms with Gasteiger partial charge in [-0.3, -0.25) is 9.59 Å². The van der Waals surface area contributed by atoms with E-state index in [0.717, 1.165) is 16.7 Å². The third kappa shape index (κ3) is 3.79. The standard InChI is InChI=1S/C24H25N3O2/c1-4-18-12-9-13-19(16-25)20(18)14-21-22(28)26-24(5-2,23(29)27(21)3)15-17-10-7-6-8-11-17/h4,6-13,21H,1,5,14-15H2,2-3H3,(H,26,28). The first kappa shape index (κ1) is 20.3. The molecule has 1 saturated heterocycles. The first-order valence-corrected chi connectivity index (χ1v) is 9.73. The highest BCUT2D eigenvalue weighted by molar-refractivity contribution is 6.00. The summed E-state index contributed by atoms with van der Waals surface area (Å²) in [7, 11) is 1.67. The van der Waals surface area contributed by atoms with E-state index in [4.69, 9.17) is 0 Å². The van der Waals surface area contributed by atoms with Crippen LogP contribution in [-0.2, 0) is 22.4 Å². The van der Waals surface area contributed by atoms with Crippen molar-refractivity contribution in [3.8, 4) is 6.07 Å². The molecule has 2 atom stereocenters. The molecule has 0 spiro atoms. The van der Waals surface area contributed by atoms with Gasteiger partial charge in [-0.2, -0.15) is 5.26 Å². The molecule has 1 N–H and O–H groups in total. The molecular weight excluding hydrogens is 362 g/mol. The van der Waals surface area contributed by atoms with Crippen LogP contribution in [0.3, 0.4) is 0 Å². The topological polar surface area (TPSA) is 73.2 Å². The van der Waals surface area contributed by atoms with Crippen molar-refractivity contribution in [1.82, 2.24) is 10.2 Å². The van der Waals surface area contributed by atoms with E-state index in [1.165, 1.54) is 4.90 Å². The third-order valence-corrected chi connectivity index (χ3v) is 5.76. The number of piperazine rings is 1. The summed E-state index contributed by atoms with van der Waals surface area (Å²) in [4.78, 5) is 28.0. The van der Waals surface area contributed by atoms with Gasteiger partial charge in [0.15, 0.2) is 0 Å². The second kappa shape index (κ2) is 8.32. The van der Waals surface area contributed by atoms with Crippen LogP contribution in [0.25, 0.3) is 6.08 Å². The molecule has 1 fully saturated rings. The molecule has 2 aromatic rings. The van der Waals surface area contributed by atoms with Crippen LogP contribution in [0.1, 0.15) is 35.6 Å². The molecule has 2 amide bonds.